The van der Waals surface area contributed by atoms with Gasteiger partial charge in [0.25, 0.3) is 0 Å². The molecular formula is C17H17IN6OS. The molecule has 0 unspecified atom stereocenters. The molecule has 3 aromatic rings. The first-order valence-electron chi connectivity index (χ1n) is 7.79. The monoisotopic (exact) mass is 480 g/mol. The summed E-state index contributed by atoms with van der Waals surface area (Å²) in [5.41, 5.74) is 4.06. The van der Waals surface area contributed by atoms with E-state index in [9.17, 15) is 4.79 Å². The highest BCUT2D eigenvalue weighted by Gasteiger charge is 2.15. The van der Waals surface area contributed by atoms with Crippen LogP contribution in [0, 0.1) is 3.57 Å². The Bertz CT molecular complexity index is 869. The minimum absolute atomic E-state index is 0.173. The van der Waals surface area contributed by atoms with Crippen molar-refractivity contribution in [3.05, 3.63) is 64.0 Å². The molecule has 1 aromatic heterocycles. The van der Waals surface area contributed by atoms with Gasteiger partial charge in [-0.05, 0) is 59.0 Å². The molecule has 0 aliphatic rings. The van der Waals surface area contributed by atoms with Crippen molar-refractivity contribution in [3.63, 3.8) is 0 Å². The number of anilines is 1. The first-order valence-corrected chi connectivity index (χ1v) is 9.85. The number of nitrogens with one attached hydrogen (secondary N) is 2. The number of thioether (sulfide) groups is 1. The van der Waals surface area contributed by atoms with Gasteiger partial charge in [0.1, 0.15) is 0 Å². The SMILES string of the molecule is NNC(=O)CSc1nnc(CNc2ccc(I)cc2)n1-c1ccccc1. The molecule has 0 radical (unpaired) electrons. The number of hydrogen-bond donors (Lipinski definition) is 3. The summed E-state index contributed by atoms with van der Waals surface area (Å²) in [6.45, 7) is 0.506. The number of carbonyl (C=O) groups is 1. The van der Waals surface area contributed by atoms with E-state index >= 15 is 0 Å². The number of nitrogens with two attached hydrogens (primary N) is 1. The van der Waals surface area contributed by atoms with E-state index in [2.05, 4.69) is 43.5 Å². The predicted octanol–water partition coefficient (Wildman–Crippen LogP) is 2.57. The molecule has 134 valence electrons. The molecule has 1 heterocycles. The normalized spacial score (nSPS) is 10.5. The van der Waals surface area contributed by atoms with Gasteiger partial charge in [-0.2, -0.15) is 0 Å². The molecule has 0 atom stereocenters. The maximum atomic E-state index is 11.5. The van der Waals surface area contributed by atoms with Gasteiger partial charge in [-0.3, -0.25) is 14.8 Å². The zero-order valence-corrected chi connectivity index (χ0v) is 16.7. The van der Waals surface area contributed by atoms with E-state index in [1.54, 1.807) is 0 Å². The molecule has 26 heavy (non-hydrogen) atoms. The summed E-state index contributed by atoms with van der Waals surface area (Å²) < 4.78 is 3.12. The topological polar surface area (TPSA) is 97.9 Å². The smallest absolute Gasteiger partial charge is 0.244 e. The molecule has 0 spiro atoms. The number of rotatable bonds is 7. The van der Waals surface area contributed by atoms with Crippen molar-refractivity contribution in [3.8, 4) is 5.69 Å². The van der Waals surface area contributed by atoms with Gasteiger partial charge in [0, 0.05) is 14.9 Å². The Balaban J connectivity index is 1.83. The Morgan fingerprint density at radius 3 is 2.54 bits per heavy atom. The highest BCUT2D eigenvalue weighted by Crippen LogP contribution is 2.22. The zero-order chi connectivity index (χ0) is 18.4. The Hall–Kier alpha value is -2.11. The number of carbonyl (C=O) groups excluding carboxylic acids is 1. The van der Waals surface area contributed by atoms with Gasteiger partial charge in [-0.25, -0.2) is 5.84 Å². The summed E-state index contributed by atoms with van der Waals surface area (Å²) in [5.74, 6) is 5.81. The minimum atomic E-state index is -0.267. The van der Waals surface area contributed by atoms with E-state index in [-0.39, 0.29) is 11.7 Å². The number of nitrogens with zero attached hydrogens (tertiary/aromatic N) is 3. The predicted molar refractivity (Wildman–Crippen MR) is 111 cm³/mol. The van der Waals surface area contributed by atoms with Crippen LogP contribution in [-0.2, 0) is 11.3 Å². The lowest BCUT2D eigenvalue weighted by Gasteiger charge is -2.11. The molecule has 4 N–H and O–H groups in total. The quantitative estimate of drug-likeness (QED) is 0.158. The van der Waals surface area contributed by atoms with Crippen LogP contribution in [0.3, 0.4) is 0 Å². The number of para-hydroxylation sites is 1. The van der Waals surface area contributed by atoms with E-state index in [1.165, 1.54) is 15.3 Å². The van der Waals surface area contributed by atoms with Crippen LogP contribution in [0.15, 0.2) is 59.8 Å². The molecule has 0 bridgehead atoms. The second-order valence-electron chi connectivity index (χ2n) is 5.29. The highest BCUT2D eigenvalue weighted by molar-refractivity contribution is 14.1. The van der Waals surface area contributed by atoms with Crippen molar-refractivity contribution >= 4 is 45.9 Å². The first kappa shape index (κ1) is 18.7. The van der Waals surface area contributed by atoms with E-state index < -0.39 is 0 Å². The molecule has 9 heteroatoms. The molecule has 1 amide bonds. The number of hydrogen-bond acceptors (Lipinski definition) is 6. The van der Waals surface area contributed by atoms with Gasteiger partial charge in [0.2, 0.25) is 5.91 Å². The Morgan fingerprint density at radius 2 is 1.85 bits per heavy atom. The summed E-state index contributed by atoms with van der Waals surface area (Å²) in [6, 6.07) is 17.9. The number of aromatic nitrogens is 3. The van der Waals surface area contributed by atoms with E-state index in [0.717, 1.165) is 17.2 Å². The highest BCUT2D eigenvalue weighted by atomic mass is 127. The van der Waals surface area contributed by atoms with Gasteiger partial charge in [0.15, 0.2) is 11.0 Å². The number of halogens is 1. The maximum Gasteiger partial charge on any atom is 0.244 e. The Labute approximate surface area is 168 Å². The molecule has 3 rings (SSSR count). The van der Waals surface area contributed by atoms with Crippen LogP contribution in [0.2, 0.25) is 0 Å². The maximum absolute atomic E-state index is 11.5. The van der Waals surface area contributed by atoms with Crippen LogP contribution < -0.4 is 16.6 Å². The van der Waals surface area contributed by atoms with Crippen LogP contribution >= 0.6 is 34.4 Å². The summed E-state index contributed by atoms with van der Waals surface area (Å²) in [4.78, 5) is 11.5. The van der Waals surface area contributed by atoms with E-state index in [1.807, 2.05) is 59.2 Å². The van der Waals surface area contributed by atoms with Crippen LogP contribution in [0.4, 0.5) is 5.69 Å². The fourth-order valence-corrected chi connectivity index (χ4v) is 3.41. The fourth-order valence-electron chi connectivity index (χ4n) is 2.27. The van der Waals surface area contributed by atoms with Gasteiger partial charge in [0.05, 0.1) is 12.3 Å². The summed E-state index contributed by atoms with van der Waals surface area (Å²) in [7, 11) is 0. The van der Waals surface area contributed by atoms with Crippen molar-refractivity contribution in [2.24, 2.45) is 5.84 Å². The largest absolute Gasteiger partial charge is 0.378 e. The third kappa shape index (κ3) is 4.74. The van der Waals surface area contributed by atoms with Gasteiger partial charge >= 0.3 is 0 Å². The van der Waals surface area contributed by atoms with Crippen LogP contribution in [-0.4, -0.2) is 26.4 Å². The molecular weight excluding hydrogens is 463 g/mol. The lowest BCUT2D eigenvalue weighted by atomic mass is 10.3. The number of benzene rings is 2. The lowest BCUT2D eigenvalue weighted by Crippen LogP contribution is -2.31. The minimum Gasteiger partial charge on any atom is -0.378 e. The average molecular weight is 480 g/mol. The molecule has 0 fully saturated rings. The van der Waals surface area contributed by atoms with Crippen LogP contribution in [0.25, 0.3) is 5.69 Å². The van der Waals surface area contributed by atoms with Crippen molar-refractivity contribution in [2.75, 3.05) is 11.1 Å². The Morgan fingerprint density at radius 1 is 1.12 bits per heavy atom. The fraction of sp³-hybridized carbons (Fsp3) is 0.118. The second kappa shape index (κ2) is 9.01. The Kier molecular flexibility index (Phi) is 6.47. The van der Waals surface area contributed by atoms with Gasteiger partial charge in [-0.15, -0.1) is 10.2 Å². The molecule has 0 saturated carbocycles. The average Bonchev–Trinajstić information content (AvgIpc) is 3.09. The van der Waals surface area contributed by atoms with E-state index in [0.29, 0.717) is 11.7 Å². The number of hydrazine groups is 1. The summed E-state index contributed by atoms with van der Waals surface area (Å²) in [6.07, 6.45) is 0. The molecule has 7 nitrogen and oxygen atoms in total. The van der Waals surface area contributed by atoms with E-state index in [4.69, 9.17) is 5.84 Å². The van der Waals surface area contributed by atoms with Gasteiger partial charge in [-0.1, -0.05) is 30.0 Å². The van der Waals surface area contributed by atoms with Crippen LogP contribution in [0.5, 0.6) is 0 Å². The van der Waals surface area contributed by atoms with Crippen molar-refractivity contribution < 1.29 is 4.79 Å². The van der Waals surface area contributed by atoms with Crippen molar-refractivity contribution in [2.45, 2.75) is 11.7 Å². The summed E-state index contributed by atoms with van der Waals surface area (Å²) >= 11 is 3.56. The third-order valence-electron chi connectivity index (χ3n) is 3.50. The summed E-state index contributed by atoms with van der Waals surface area (Å²) in [5, 5.41) is 12.5. The molecule has 0 aliphatic heterocycles. The second-order valence-corrected chi connectivity index (χ2v) is 7.47. The van der Waals surface area contributed by atoms with Crippen molar-refractivity contribution in [1.29, 1.82) is 0 Å². The molecule has 0 aliphatic carbocycles. The van der Waals surface area contributed by atoms with Gasteiger partial charge < -0.3 is 5.32 Å². The molecule has 2 aromatic carbocycles. The zero-order valence-electron chi connectivity index (χ0n) is 13.7. The first-order chi connectivity index (χ1) is 12.7. The third-order valence-corrected chi connectivity index (χ3v) is 5.15. The van der Waals surface area contributed by atoms with Crippen molar-refractivity contribution in [1.82, 2.24) is 20.2 Å². The van der Waals surface area contributed by atoms with Crippen LogP contribution in [0.1, 0.15) is 5.82 Å². The lowest BCUT2D eigenvalue weighted by molar-refractivity contribution is -0.118. The standard InChI is InChI=1S/C17H17IN6OS/c18-12-6-8-13(9-7-12)20-10-15-22-23-17(26-11-16(25)21-19)24(15)14-4-2-1-3-5-14/h1-9,20H,10-11,19H2,(H,21,25). The number of amides is 1. The molecule has 0 saturated heterocycles.